The van der Waals surface area contributed by atoms with Gasteiger partial charge in [-0.2, -0.15) is 5.10 Å². The van der Waals surface area contributed by atoms with Gasteiger partial charge in [-0.3, -0.25) is 9.89 Å². The number of aromatic nitrogens is 4. The SMILES string of the molecule is O=C(NCc1ncn[nH]1)c1cccn1Cc1cccs1. The molecule has 0 saturated carbocycles. The smallest absolute Gasteiger partial charge is 0.268 e. The lowest BCUT2D eigenvalue weighted by Crippen LogP contribution is -2.26. The van der Waals surface area contributed by atoms with Crippen LogP contribution in [0.3, 0.4) is 0 Å². The number of carbonyl (C=O) groups excluding carboxylic acids is 1. The van der Waals surface area contributed by atoms with Crippen LogP contribution in [0.4, 0.5) is 0 Å². The van der Waals surface area contributed by atoms with E-state index in [1.54, 1.807) is 11.3 Å². The molecule has 3 rings (SSSR count). The van der Waals surface area contributed by atoms with Gasteiger partial charge in [-0.05, 0) is 23.6 Å². The molecule has 0 spiro atoms. The molecule has 0 saturated heterocycles. The minimum Gasteiger partial charge on any atom is -0.343 e. The minimum absolute atomic E-state index is 0.122. The summed E-state index contributed by atoms with van der Waals surface area (Å²) in [4.78, 5) is 17.3. The van der Waals surface area contributed by atoms with Crippen molar-refractivity contribution in [2.24, 2.45) is 0 Å². The Balaban J connectivity index is 1.67. The van der Waals surface area contributed by atoms with E-state index in [9.17, 15) is 4.79 Å². The Bertz CT molecular complexity index is 672. The van der Waals surface area contributed by atoms with Gasteiger partial charge in [0.05, 0.1) is 13.1 Å². The summed E-state index contributed by atoms with van der Waals surface area (Å²) in [5.74, 6) is 0.512. The molecule has 0 aliphatic rings. The fourth-order valence-electron chi connectivity index (χ4n) is 1.90. The molecule has 102 valence electrons. The van der Waals surface area contributed by atoms with E-state index in [1.807, 2.05) is 34.3 Å². The van der Waals surface area contributed by atoms with Gasteiger partial charge in [-0.25, -0.2) is 4.98 Å². The van der Waals surface area contributed by atoms with Gasteiger partial charge < -0.3 is 9.88 Å². The van der Waals surface area contributed by atoms with Crippen LogP contribution in [0.15, 0.2) is 42.2 Å². The second kappa shape index (κ2) is 5.70. The molecule has 3 aromatic heterocycles. The molecule has 0 unspecified atom stereocenters. The van der Waals surface area contributed by atoms with E-state index in [4.69, 9.17) is 0 Å². The van der Waals surface area contributed by atoms with Crippen molar-refractivity contribution in [3.05, 3.63) is 58.6 Å². The quantitative estimate of drug-likeness (QED) is 0.749. The highest BCUT2D eigenvalue weighted by molar-refractivity contribution is 7.09. The first-order valence-electron chi connectivity index (χ1n) is 6.13. The van der Waals surface area contributed by atoms with E-state index < -0.39 is 0 Å². The van der Waals surface area contributed by atoms with Gasteiger partial charge >= 0.3 is 0 Å². The molecule has 1 amide bonds. The largest absolute Gasteiger partial charge is 0.343 e. The van der Waals surface area contributed by atoms with Crippen LogP contribution < -0.4 is 5.32 Å². The first kappa shape index (κ1) is 12.6. The molecule has 2 N–H and O–H groups in total. The summed E-state index contributed by atoms with van der Waals surface area (Å²) < 4.78 is 1.93. The summed E-state index contributed by atoms with van der Waals surface area (Å²) in [5, 5.41) is 11.3. The molecule has 6 nitrogen and oxygen atoms in total. The van der Waals surface area contributed by atoms with Crippen LogP contribution in [0, 0.1) is 0 Å². The highest BCUT2D eigenvalue weighted by Crippen LogP contribution is 2.13. The Labute approximate surface area is 119 Å². The van der Waals surface area contributed by atoms with E-state index in [-0.39, 0.29) is 5.91 Å². The Morgan fingerprint density at radius 3 is 3.10 bits per heavy atom. The second-order valence-electron chi connectivity index (χ2n) is 4.22. The molecule has 20 heavy (non-hydrogen) atoms. The number of hydrogen-bond donors (Lipinski definition) is 2. The van der Waals surface area contributed by atoms with Crippen LogP contribution in [0.1, 0.15) is 21.2 Å². The normalized spacial score (nSPS) is 10.6. The Morgan fingerprint density at radius 2 is 2.35 bits per heavy atom. The first-order valence-corrected chi connectivity index (χ1v) is 7.01. The molecule has 3 heterocycles. The maximum atomic E-state index is 12.2. The number of aromatic amines is 1. The summed E-state index contributed by atoms with van der Waals surface area (Å²) in [6.07, 6.45) is 3.32. The topological polar surface area (TPSA) is 75.6 Å². The summed E-state index contributed by atoms with van der Waals surface area (Å²) in [7, 11) is 0. The fourth-order valence-corrected chi connectivity index (χ4v) is 2.60. The van der Waals surface area contributed by atoms with Gasteiger partial charge in [-0.15, -0.1) is 11.3 Å². The highest BCUT2D eigenvalue weighted by atomic mass is 32.1. The van der Waals surface area contributed by atoms with Crippen LogP contribution in [0.5, 0.6) is 0 Å². The summed E-state index contributed by atoms with van der Waals surface area (Å²) >= 11 is 1.68. The van der Waals surface area contributed by atoms with Gasteiger partial charge in [0, 0.05) is 11.1 Å². The van der Waals surface area contributed by atoms with Crippen molar-refractivity contribution in [2.45, 2.75) is 13.1 Å². The highest BCUT2D eigenvalue weighted by Gasteiger charge is 2.11. The predicted octanol–water partition coefficient (Wildman–Crippen LogP) is 1.65. The predicted molar refractivity (Wildman–Crippen MR) is 75.4 cm³/mol. The summed E-state index contributed by atoms with van der Waals surface area (Å²) in [6, 6.07) is 7.74. The molecular weight excluding hydrogens is 274 g/mol. The van der Waals surface area contributed by atoms with Crippen LogP contribution in [0.2, 0.25) is 0 Å². The van der Waals surface area contributed by atoms with Gasteiger partial charge in [0.25, 0.3) is 5.91 Å². The number of nitrogens with zero attached hydrogens (tertiary/aromatic N) is 3. The third-order valence-electron chi connectivity index (χ3n) is 2.85. The lowest BCUT2D eigenvalue weighted by molar-refractivity contribution is 0.0941. The zero-order valence-electron chi connectivity index (χ0n) is 10.6. The molecule has 0 fully saturated rings. The third kappa shape index (κ3) is 2.77. The second-order valence-corrected chi connectivity index (χ2v) is 5.25. The minimum atomic E-state index is -0.122. The molecule has 7 heteroatoms. The molecule has 0 aliphatic carbocycles. The van der Waals surface area contributed by atoms with Crippen molar-refractivity contribution >= 4 is 17.2 Å². The molecule has 0 aromatic carbocycles. The first-order chi connectivity index (χ1) is 9.83. The van der Waals surface area contributed by atoms with Crippen LogP contribution in [-0.2, 0) is 13.1 Å². The number of nitrogens with one attached hydrogen (secondary N) is 2. The average Bonchev–Trinajstić information content (AvgIpc) is 3.19. The Morgan fingerprint density at radius 1 is 1.40 bits per heavy atom. The van der Waals surface area contributed by atoms with E-state index in [0.717, 1.165) is 0 Å². The number of thiophene rings is 1. The van der Waals surface area contributed by atoms with Gasteiger partial charge in [0.15, 0.2) is 0 Å². The number of amides is 1. The zero-order chi connectivity index (χ0) is 13.8. The zero-order valence-corrected chi connectivity index (χ0v) is 11.4. The third-order valence-corrected chi connectivity index (χ3v) is 3.71. The van der Waals surface area contributed by atoms with E-state index >= 15 is 0 Å². The van der Waals surface area contributed by atoms with Crippen LogP contribution >= 0.6 is 11.3 Å². The maximum absolute atomic E-state index is 12.2. The number of rotatable bonds is 5. The van der Waals surface area contributed by atoms with Gasteiger partial charge in [-0.1, -0.05) is 6.07 Å². The standard InChI is InChI=1S/C13H13N5OS/c19-13(14-7-12-15-9-16-17-12)11-4-1-5-18(11)8-10-3-2-6-20-10/h1-6,9H,7-8H2,(H,14,19)(H,15,16,17). The van der Waals surface area contributed by atoms with Crippen molar-refractivity contribution in [3.8, 4) is 0 Å². The fraction of sp³-hybridized carbons (Fsp3) is 0.154. The number of hydrogen-bond acceptors (Lipinski definition) is 4. The van der Waals surface area contributed by atoms with Crippen molar-refractivity contribution in [3.63, 3.8) is 0 Å². The maximum Gasteiger partial charge on any atom is 0.268 e. The Kier molecular flexibility index (Phi) is 3.60. The summed E-state index contributed by atoms with van der Waals surface area (Å²) in [6.45, 7) is 1.04. The van der Waals surface area contributed by atoms with Gasteiger partial charge in [0.2, 0.25) is 0 Å². The average molecular weight is 287 g/mol. The van der Waals surface area contributed by atoms with E-state index in [2.05, 4.69) is 26.6 Å². The lowest BCUT2D eigenvalue weighted by atomic mass is 10.3. The van der Waals surface area contributed by atoms with Crippen molar-refractivity contribution in [2.75, 3.05) is 0 Å². The molecule has 0 radical (unpaired) electrons. The molecule has 3 aromatic rings. The summed E-state index contributed by atoms with van der Waals surface area (Å²) in [5.41, 5.74) is 0.637. The molecular formula is C13H13N5OS. The molecule has 0 atom stereocenters. The van der Waals surface area contributed by atoms with Crippen LogP contribution in [-0.4, -0.2) is 25.7 Å². The lowest BCUT2D eigenvalue weighted by Gasteiger charge is -2.08. The van der Waals surface area contributed by atoms with Crippen molar-refractivity contribution < 1.29 is 4.79 Å². The number of H-pyrrole nitrogens is 1. The number of carbonyl (C=O) groups is 1. The van der Waals surface area contributed by atoms with E-state index in [1.165, 1.54) is 11.2 Å². The van der Waals surface area contributed by atoms with Crippen LogP contribution in [0.25, 0.3) is 0 Å². The monoisotopic (exact) mass is 287 g/mol. The van der Waals surface area contributed by atoms with Gasteiger partial charge in [0.1, 0.15) is 17.8 Å². The van der Waals surface area contributed by atoms with Crippen molar-refractivity contribution in [1.29, 1.82) is 0 Å². The van der Waals surface area contributed by atoms with E-state index in [0.29, 0.717) is 24.6 Å². The molecule has 0 bridgehead atoms. The molecule has 0 aliphatic heterocycles. The Hall–Kier alpha value is -2.41. The van der Waals surface area contributed by atoms with Crippen molar-refractivity contribution in [1.82, 2.24) is 25.1 Å².